The first kappa shape index (κ1) is 17.9. The predicted octanol–water partition coefficient (Wildman–Crippen LogP) is 4.59. The Kier molecular flexibility index (Phi) is 5.33. The van der Waals surface area contributed by atoms with Gasteiger partial charge in [-0.1, -0.05) is 97.4 Å². The lowest BCUT2D eigenvalue weighted by atomic mass is 10.2. The van der Waals surface area contributed by atoms with Crippen molar-refractivity contribution in [3.63, 3.8) is 0 Å². The molecule has 2 aromatic rings. The van der Waals surface area contributed by atoms with Crippen molar-refractivity contribution >= 4 is 34.6 Å². The third-order valence-electron chi connectivity index (χ3n) is 5.20. The molecule has 2 atom stereocenters. The summed E-state index contributed by atoms with van der Waals surface area (Å²) in [5.74, 6) is 1.51. The van der Waals surface area contributed by atoms with Gasteiger partial charge < -0.3 is 4.43 Å². The van der Waals surface area contributed by atoms with Crippen LogP contribution in [0.25, 0.3) is 0 Å². The second-order valence-electron chi connectivity index (χ2n) is 7.88. The van der Waals surface area contributed by atoms with Gasteiger partial charge in [0.2, 0.25) is 0 Å². The van der Waals surface area contributed by atoms with Gasteiger partial charge in [-0.05, 0) is 33.7 Å². The Balaban J connectivity index is 2.04. The average Bonchev–Trinajstić information content (AvgIpc) is 3.35. The highest BCUT2D eigenvalue weighted by atomic mass is 79.9. The Bertz CT molecular complexity index is 611. The number of hydrogen-bond donors (Lipinski definition) is 0. The summed E-state index contributed by atoms with van der Waals surface area (Å²) in [6, 6.07) is 21.8. The van der Waals surface area contributed by atoms with Gasteiger partial charge in [-0.15, -0.1) is 0 Å². The third-order valence-corrected chi connectivity index (χ3v) is 11.0. The molecule has 3 heteroatoms. The lowest BCUT2D eigenvalue weighted by molar-refractivity contribution is 0.276. The van der Waals surface area contributed by atoms with Crippen LogP contribution in [0, 0.1) is 11.8 Å². The van der Waals surface area contributed by atoms with Crippen LogP contribution in [0.4, 0.5) is 0 Å². The fourth-order valence-corrected chi connectivity index (χ4v) is 9.11. The van der Waals surface area contributed by atoms with Crippen LogP contribution in [0.2, 0.25) is 5.04 Å². The molecule has 2 aromatic carbocycles. The number of halogens is 1. The maximum Gasteiger partial charge on any atom is 0.261 e. The maximum absolute atomic E-state index is 6.94. The first-order valence-electron chi connectivity index (χ1n) is 8.80. The molecular weight excluding hydrogens is 376 g/mol. The van der Waals surface area contributed by atoms with Gasteiger partial charge in [0.15, 0.2) is 0 Å². The van der Waals surface area contributed by atoms with Crippen molar-refractivity contribution in [2.75, 3.05) is 11.9 Å². The second kappa shape index (κ2) is 7.15. The molecule has 0 heterocycles. The Morgan fingerprint density at radius 2 is 1.42 bits per heavy atom. The molecular formula is C21H27BrOSi. The van der Waals surface area contributed by atoms with Crippen LogP contribution in [0.1, 0.15) is 27.2 Å². The summed E-state index contributed by atoms with van der Waals surface area (Å²) in [4.78, 5) is 0. The van der Waals surface area contributed by atoms with E-state index in [0.29, 0.717) is 5.92 Å². The molecule has 1 aliphatic rings. The Morgan fingerprint density at radius 3 is 1.79 bits per heavy atom. The van der Waals surface area contributed by atoms with Gasteiger partial charge in [0, 0.05) is 11.9 Å². The summed E-state index contributed by atoms with van der Waals surface area (Å²) >= 11 is 3.62. The van der Waals surface area contributed by atoms with E-state index in [-0.39, 0.29) is 5.04 Å². The van der Waals surface area contributed by atoms with Crippen LogP contribution < -0.4 is 10.4 Å². The molecule has 0 unspecified atom stereocenters. The lowest BCUT2D eigenvalue weighted by Crippen LogP contribution is -2.66. The highest BCUT2D eigenvalue weighted by Gasteiger charge is 2.51. The summed E-state index contributed by atoms with van der Waals surface area (Å²) in [5.41, 5.74) is 0. The molecule has 0 saturated heterocycles. The molecule has 0 spiro atoms. The third kappa shape index (κ3) is 3.40. The number of benzene rings is 2. The number of alkyl halides is 1. The summed E-state index contributed by atoms with van der Waals surface area (Å²) in [5, 5.41) is 3.93. The average molecular weight is 403 g/mol. The highest BCUT2D eigenvalue weighted by molar-refractivity contribution is 9.09. The van der Waals surface area contributed by atoms with Crippen LogP contribution in [0.15, 0.2) is 60.7 Å². The maximum atomic E-state index is 6.94. The summed E-state index contributed by atoms with van der Waals surface area (Å²) < 4.78 is 6.94. The molecule has 1 aliphatic carbocycles. The van der Waals surface area contributed by atoms with E-state index in [0.717, 1.165) is 17.9 Å². The zero-order valence-electron chi connectivity index (χ0n) is 14.8. The minimum absolute atomic E-state index is 0.0779. The summed E-state index contributed by atoms with van der Waals surface area (Å²) in [6.07, 6.45) is 1.30. The minimum atomic E-state index is -2.33. The number of hydrogen-bond acceptors (Lipinski definition) is 1. The van der Waals surface area contributed by atoms with Crippen molar-refractivity contribution in [1.29, 1.82) is 0 Å². The Labute approximate surface area is 155 Å². The van der Waals surface area contributed by atoms with E-state index >= 15 is 0 Å². The number of rotatable bonds is 6. The molecule has 1 saturated carbocycles. The van der Waals surface area contributed by atoms with E-state index in [1.54, 1.807) is 0 Å². The molecule has 0 N–H and O–H groups in total. The smallest absolute Gasteiger partial charge is 0.261 e. The second-order valence-corrected chi connectivity index (χ2v) is 12.8. The van der Waals surface area contributed by atoms with E-state index in [2.05, 4.69) is 97.4 Å². The summed E-state index contributed by atoms with van der Waals surface area (Å²) in [7, 11) is -2.33. The molecule has 1 fully saturated rings. The zero-order chi connectivity index (χ0) is 17.2. The van der Waals surface area contributed by atoms with Crippen molar-refractivity contribution in [1.82, 2.24) is 0 Å². The lowest BCUT2D eigenvalue weighted by Gasteiger charge is -2.43. The van der Waals surface area contributed by atoms with Crippen molar-refractivity contribution in [3.8, 4) is 0 Å². The topological polar surface area (TPSA) is 9.23 Å². The van der Waals surface area contributed by atoms with Gasteiger partial charge in [-0.25, -0.2) is 0 Å². The van der Waals surface area contributed by atoms with Gasteiger partial charge in [0.25, 0.3) is 8.32 Å². The normalized spacial score (nSPS) is 20.8. The Hall–Kier alpha value is -0.903. The quantitative estimate of drug-likeness (QED) is 0.506. The first-order chi connectivity index (χ1) is 11.5. The fraction of sp³-hybridized carbons (Fsp3) is 0.429. The Morgan fingerprint density at radius 1 is 0.917 bits per heavy atom. The van der Waals surface area contributed by atoms with E-state index < -0.39 is 8.32 Å². The molecule has 0 aromatic heterocycles. The minimum Gasteiger partial charge on any atom is -0.407 e. The molecule has 0 radical (unpaired) electrons. The van der Waals surface area contributed by atoms with E-state index in [1.165, 1.54) is 16.8 Å². The molecule has 0 bridgehead atoms. The predicted molar refractivity (Wildman–Crippen MR) is 109 cm³/mol. The SMILES string of the molecule is CC(C)(C)[Si](OC[C@H]1C[C@H]1CBr)(c1ccccc1)c1ccccc1. The van der Waals surface area contributed by atoms with Gasteiger partial charge in [-0.2, -0.15) is 0 Å². The van der Waals surface area contributed by atoms with Gasteiger partial charge in [0.1, 0.15) is 0 Å². The standard InChI is InChI=1S/C21H27BrOSi/c1-21(2,3)24(19-10-6-4-7-11-19,20-12-8-5-9-13-20)23-16-18-14-17(18)15-22/h4-13,17-18H,14-16H2,1-3H3/t17-,18+/m0/s1. The van der Waals surface area contributed by atoms with Crippen molar-refractivity contribution < 1.29 is 4.43 Å². The van der Waals surface area contributed by atoms with E-state index in [1.807, 2.05) is 0 Å². The molecule has 0 aliphatic heterocycles. The van der Waals surface area contributed by atoms with Crippen molar-refractivity contribution in [3.05, 3.63) is 60.7 Å². The molecule has 0 amide bonds. The van der Waals surface area contributed by atoms with E-state index in [4.69, 9.17) is 4.43 Å². The van der Waals surface area contributed by atoms with E-state index in [9.17, 15) is 0 Å². The first-order valence-corrected chi connectivity index (χ1v) is 11.8. The van der Waals surface area contributed by atoms with Crippen LogP contribution >= 0.6 is 15.9 Å². The van der Waals surface area contributed by atoms with Gasteiger partial charge in [-0.3, -0.25) is 0 Å². The van der Waals surface area contributed by atoms with Crippen LogP contribution in [-0.4, -0.2) is 20.3 Å². The molecule has 128 valence electrons. The van der Waals surface area contributed by atoms with Gasteiger partial charge in [0.05, 0.1) is 0 Å². The van der Waals surface area contributed by atoms with Crippen LogP contribution in [0.3, 0.4) is 0 Å². The van der Waals surface area contributed by atoms with Crippen molar-refractivity contribution in [2.45, 2.75) is 32.2 Å². The monoisotopic (exact) mass is 402 g/mol. The van der Waals surface area contributed by atoms with Crippen molar-refractivity contribution in [2.24, 2.45) is 11.8 Å². The molecule has 3 rings (SSSR count). The van der Waals surface area contributed by atoms with Gasteiger partial charge >= 0.3 is 0 Å². The van der Waals surface area contributed by atoms with Crippen LogP contribution in [0.5, 0.6) is 0 Å². The highest BCUT2D eigenvalue weighted by Crippen LogP contribution is 2.43. The molecule has 1 nitrogen and oxygen atoms in total. The van der Waals surface area contributed by atoms with Crippen LogP contribution in [-0.2, 0) is 4.43 Å². The molecule has 24 heavy (non-hydrogen) atoms. The fourth-order valence-electron chi connectivity index (χ4n) is 3.70. The summed E-state index contributed by atoms with van der Waals surface area (Å²) in [6.45, 7) is 7.90. The largest absolute Gasteiger partial charge is 0.407 e. The zero-order valence-corrected chi connectivity index (χ0v) is 17.4.